The molecule has 1 aromatic carbocycles. The van der Waals surface area contributed by atoms with E-state index in [0.717, 1.165) is 12.2 Å². The molecule has 2 N–H and O–H groups in total. The van der Waals surface area contributed by atoms with Crippen LogP contribution in [0.1, 0.15) is 5.56 Å². The van der Waals surface area contributed by atoms with Crippen LogP contribution >= 0.6 is 0 Å². The molecule has 1 aliphatic rings. The normalized spacial score (nSPS) is 25.8. The molecule has 2 rings (SSSR count). The van der Waals surface area contributed by atoms with E-state index < -0.39 is 52.2 Å². The highest BCUT2D eigenvalue weighted by molar-refractivity contribution is 5.39. The third-order valence-electron chi connectivity index (χ3n) is 2.87. The van der Waals surface area contributed by atoms with Crippen molar-refractivity contribution in [2.75, 3.05) is 0 Å². The number of aliphatic hydroxyl groups is 2. The number of benzene rings is 1. The zero-order valence-corrected chi connectivity index (χ0v) is 9.47. The number of rotatable bonds is 1. The van der Waals surface area contributed by atoms with Crippen molar-refractivity contribution in [1.29, 1.82) is 0 Å². The van der Waals surface area contributed by atoms with Gasteiger partial charge in [0.1, 0.15) is 5.76 Å². The van der Waals surface area contributed by atoms with Crippen LogP contribution in [-0.4, -0.2) is 16.4 Å². The summed E-state index contributed by atoms with van der Waals surface area (Å²) >= 11 is 0. The van der Waals surface area contributed by atoms with Gasteiger partial charge in [-0.2, -0.15) is 0 Å². The largest absolute Gasteiger partial charge is 0.509 e. The van der Waals surface area contributed by atoms with Gasteiger partial charge in [-0.1, -0.05) is 6.08 Å². The fourth-order valence-corrected chi connectivity index (χ4v) is 1.85. The van der Waals surface area contributed by atoms with Crippen LogP contribution in [0.25, 0.3) is 0 Å². The van der Waals surface area contributed by atoms with Crippen LogP contribution in [0, 0.1) is 29.1 Å². The van der Waals surface area contributed by atoms with Crippen molar-refractivity contribution in [2.45, 2.75) is 11.8 Å². The van der Waals surface area contributed by atoms with Crippen LogP contribution in [0.15, 0.2) is 24.0 Å². The van der Waals surface area contributed by atoms with Crippen molar-refractivity contribution in [1.82, 2.24) is 0 Å². The predicted molar refractivity (Wildman–Crippen MR) is 54.9 cm³/mol. The molecule has 0 spiro atoms. The molecule has 8 heteroatoms. The highest BCUT2D eigenvalue weighted by Crippen LogP contribution is 2.39. The molecule has 2 unspecified atom stereocenters. The molecule has 0 aliphatic heterocycles. The van der Waals surface area contributed by atoms with Gasteiger partial charge in [-0.25, -0.2) is 26.3 Å². The van der Waals surface area contributed by atoms with E-state index in [4.69, 9.17) is 5.11 Å². The lowest BCUT2D eigenvalue weighted by Crippen LogP contribution is -2.40. The molecule has 0 bridgehead atoms. The molecule has 0 fully saturated rings. The number of halogens is 6. The molecule has 1 aliphatic carbocycles. The summed E-state index contributed by atoms with van der Waals surface area (Å²) in [6.45, 7) is 0. The van der Waals surface area contributed by atoms with Gasteiger partial charge >= 0.3 is 0 Å². The Kier molecular flexibility index (Phi) is 3.29. The lowest BCUT2D eigenvalue weighted by atomic mass is 9.84. The van der Waals surface area contributed by atoms with Gasteiger partial charge in [0.05, 0.1) is 5.56 Å². The summed E-state index contributed by atoms with van der Waals surface area (Å²) in [6, 6.07) is 0. The van der Waals surface area contributed by atoms with E-state index in [-0.39, 0.29) is 0 Å². The Morgan fingerprint density at radius 3 is 1.85 bits per heavy atom. The summed E-state index contributed by atoms with van der Waals surface area (Å²) in [5, 5.41) is 19.0. The fraction of sp³-hybridized carbons (Fsp3) is 0.167. The van der Waals surface area contributed by atoms with Gasteiger partial charge in [0.15, 0.2) is 35.0 Å². The number of hydrogen-bond donors (Lipinski definition) is 2. The molecule has 20 heavy (non-hydrogen) atoms. The molecule has 0 amide bonds. The lowest BCUT2D eigenvalue weighted by Gasteiger charge is -2.31. The van der Waals surface area contributed by atoms with E-state index in [9.17, 15) is 31.4 Å². The second-order valence-electron chi connectivity index (χ2n) is 4.08. The smallest absolute Gasteiger partial charge is 0.200 e. The van der Waals surface area contributed by atoms with Crippen LogP contribution in [0.5, 0.6) is 0 Å². The van der Waals surface area contributed by atoms with Gasteiger partial charge in [0.2, 0.25) is 5.82 Å². The van der Waals surface area contributed by atoms with Gasteiger partial charge in [0, 0.05) is 0 Å². The SMILES string of the molecule is OC1=CC=CC(O)(c2c(F)c(F)c(F)c(F)c2F)C1F. The predicted octanol–water partition coefficient (Wildman–Crippen LogP) is 2.92. The van der Waals surface area contributed by atoms with Crippen LogP contribution < -0.4 is 0 Å². The Morgan fingerprint density at radius 1 is 0.900 bits per heavy atom. The summed E-state index contributed by atoms with van der Waals surface area (Å²) in [5.41, 5.74) is -4.97. The minimum atomic E-state index is -3.21. The highest BCUT2D eigenvalue weighted by atomic mass is 19.2. The van der Waals surface area contributed by atoms with Gasteiger partial charge in [-0.05, 0) is 12.2 Å². The van der Waals surface area contributed by atoms with E-state index >= 15 is 0 Å². The summed E-state index contributed by atoms with van der Waals surface area (Å²) < 4.78 is 79.8. The first-order valence-electron chi connectivity index (χ1n) is 5.18. The van der Waals surface area contributed by atoms with Gasteiger partial charge in [-0.3, -0.25) is 0 Å². The maximum absolute atomic E-state index is 13.7. The Balaban J connectivity index is 2.77. The molecule has 1 aromatic rings. The van der Waals surface area contributed by atoms with Crippen molar-refractivity contribution < 1.29 is 36.6 Å². The molecular weight excluding hydrogens is 290 g/mol. The van der Waals surface area contributed by atoms with Crippen LogP contribution in [0.4, 0.5) is 26.3 Å². The van der Waals surface area contributed by atoms with Crippen molar-refractivity contribution in [2.24, 2.45) is 0 Å². The highest BCUT2D eigenvalue weighted by Gasteiger charge is 2.47. The number of aliphatic hydroxyl groups excluding tert-OH is 1. The second-order valence-corrected chi connectivity index (χ2v) is 4.08. The van der Waals surface area contributed by atoms with E-state index in [1.54, 1.807) is 0 Å². The Morgan fingerprint density at radius 2 is 1.35 bits per heavy atom. The number of alkyl halides is 1. The average molecular weight is 296 g/mol. The van der Waals surface area contributed by atoms with Crippen molar-refractivity contribution in [3.63, 3.8) is 0 Å². The Labute approximate surface area is 108 Å². The summed E-state index contributed by atoms with van der Waals surface area (Å²) in [6.07, 6.45) is -0.703. The monoisotopic (exact) mass is 296 g/mol. The minimum absolute atomic E-state index is 0.482. The van der Waals surface area contributed by atoms with Crippen LogP contribution in [-0.2, 0) is 5.60 Å². The van der Waals surface area contributed by atoms with Gasteiger partial charge in [0.25, 0.3) is 0 Å². The van der Waals surface area contributed by atoms with Crippen LogP contribution in [0.2, 0.25) is 0 Å². The zero-order valence-electron chi connectivity index (χ0n) is 9.47. The molecule has 0 heterocycles. The quantitative estimate of drug-likeness (QED) is 0.475. The van der Waals surface area contributed by atoms with E-state index in [0.29, 0.717) is 6.08 Å². The third-order valence-corrected chi connectivity index (χ3v) is 2.87. The molecular formula is C12H6F6O2. The first kappa shape index (κ1) is 14.4. The molecule has 0 saturated heterocycles. The van der Waals surface area contributed by atoms with Crippen LogP contribution in [0.3, 0.4) is 0 Å². The van der Waals surface area contributed by atoms with Crippen molar-refractivity contribution in [3.8, 4) is 0 Å². The molecule has 0 aromatic heterocycles. The molecule has 108 valence electrons. The summed E-state index contributed by atoms with van der Waals surface area (Å²) in [7, 11) is 0. The maximum Gasteiger partial charge on any atom is 0.200 e. The maximum atomic E-state index is 13.7. The minimum Gasteiger partial charge on any atom is -0.509 e. The Hall–Kier alpha value is -1.96. The van der Waals surface area contributed by atoms with Gasteiger partial charge in [-0.15, -0.1) is 0 Å². The lowest BCUT2D eigenvalue weighted by molar-refractivity contribution is -0.00671. The number of allylic oxidation sites excluding steroid dienone is 2. The first-order valence-corrected chi connectivity index (χ1v) is 5.18. The summed E-state index contributed by atoms with van der Waals surface area (Å²) in [4.78, 5) is 0. The zero-order chi connectivity index (χ0) is 15.2. The van der Waals surface area contributed by atoms with Crippen molar-refractivity contribution in [3.05, 3.63) is 58.6 Å². The van der Waals surface area contributed by atoms with E-state index in [1.165, 1.54) is 0 Å². The molecule has 0 saturated carbocycles. The van der Waals surface area contributed by atoms with Crippen molar-refractivity contribution >= 4 is 0 Å². The molecule has 0 radical (unpaired) electrons. The average Bonchev–Trinajstić information content (AvgIpc) is 2.40. The molecule has 2 atom stereocenters. The summed E-state index contributed by atoms with van der Waals surface area (Å²) in [5.74, 6) is -12.9. The Bertz CT molecular complexity index is 610. The standard InChI is InChI=1S/C12H6F6O2/c13-6-5(7(14)9(16)10(17)8(6)15)12(20)3-1-2-4(19)11(12)18/h1-3,11,19-20H. The topological polar surface area (TPSA) is 40.5 Å². The van der Waals surface area contributed by atoms with E-state index in [2.05, 4.69) is 0 Å². The third kappa shape index (κ3) is 1.79. The first-order chi connectivity index (χ1) is 9.21. The number of hydrogen-bond acceptors (Lipinski definition) is 2. The van der Waals surface area contributed by atoms with Gasteiger partial charge < -0.3 is 10.2 Å². The second kappa shape index (κ2) is 4.55. The van der Waals surface area contributed by atoms with E-state index in [1.807, 2.05) is 0 Å². The fourth-order valence-electron chi connectivity index (χ4n) is 1.85. The molecule has 2 nitrogen and oxygen atoms in total.